The lowest BCUT2D eigenvalue weighted by Crippen LogP contribution is -2.12. The molecule has 3 heteroatoms. The van der Waals surface area contributed by atoms with Crippen molar-refractivity contribution in [3.63, 3.8) is 0 Å². The molecule has 1 N–H and O–H groups in total. The largest absolute Gasteiger partial charge is 0.491 e. The topological polar surface area (TPSA) is 21.3 Å². The summed E-state index contributed by atoms with van der Waals surface area (Å²) in [6.45, 7) is 1.57. The monoisotopic (exact) mass is 259 g/mol. The Bertz CT molecular complexity index is 556. The van der Waals surface area contributed by atoms with Gasteiger partial charge < -0.3 is 10.1 Å². The van der Waals surface area contributed by atoms with Crippen LogP contribution in [0, 0.1) is 0 Å². The maximum absolute atomic E-state index is 6.07. The number of fused-ring (bicyclic) bond motifs is 1. The molecule has 0 aromatic heterocycles. The Morgan fingerprint density at radius 3 is 2.78 bits per heavy atom. The summed E-state index contributed by atoms with van der Waals surface area (Å²) >= 11 is 6.07. The first kappa shape index (κ1) is 11.4. The maximum atomic E-state index is 6.07. The van der Waals surface area contributed by atoms with Crippen molar-refractivity contribution < 1.29 is 4.74 Å². The Morgan fingerprint density at radius 1 is 1.11 bits per heavy atom. The third-order valence-electron chi connectivity index (χ3n) is 3.22. The van der Waals surface area contributed by atoms with Crippen LogP contribution in [-0.2, 0) is 0 Å². The van der Waals surface area contributed by atoms with Crippen molar-refractivity contribution in [3.05, 3.63) is 59.1 Å². The second-order valence-corrected chi connectivity index (χ2v) is 4.81. The molecule has 0 amide bonds. The molecule has 0 aliphatic carbocycles. The van der Waals surface area contributed by atoms with E-state index in [1.165, 1.54) is 11.3 Å². The lowest BCUT2D eigenvalue weighted by Gasteiger charge is -2.13. The summed E-state index contributed by atoms with van der Waals surface area (Å²) in [6.07, 6.45) is 0. The van der Waals surface area contributed by atoms with Crippen LogP contribution in [0.5, 0.6) is 5.75 Å². The molecule has 0 saturated carbocycles. The van der Waals surface area contributed by atoms with Gasteiger partial charge in [-0.2, -0.15) is 0 Å². The first-order valence-electron chi connectivity index (χ1n) is 6.05. The Morgan fingerprint density at radius 2 is 1.89 bits per heavy atom. The molecule has 0 saturated heterocycles. The highest BCUT2D eigenvalue weighted by Gasteiger charge is 2.22. The van der Waals surface area contributed by atoms with Gasteiger partial charge in [-0.3, -0.25) is 0 Å². The fourth-order valence-electron chi connectivity index (χ4n) is 2.26. The van der Waals surface area contributed by atoms with E-state index in [0.29, 0.717) is 17.5 Å². The average molecular weight is 260 g/mol. The van der Waals surface area contributed by atoms with Gasteiger partial charge in [0.25, 0.3) is 0 Å². The second kappa shape index (κ2) is 4.91. The van der Waals surface area contributed by atoms with E-state index in [0.717, 1.165) is 12.3 Å². The summed E-state index contributed by atoms with van der Waals surface area (Å²) in [5.74, 6) is 1.14. The zero-order chi connectivity index (χ0) is 12.4. The van der Waals surface area contributed by atoms with Crippen molar-refractivity contribution in [2.24, 2.45) is 0 Å². The van der Waals surface area contributed by atoms with Crippen molar-refractivity contribution in [2.45, 2.75) is 5.92 Å². The van der Waals surface area contributed by atoms with E-state index >= 15 is 0 Å². The average Bonchev–Trinajstić information content (AvgIpc) is 2.81. The minimum Gasteiger partial charge on any atom is -0.491 e. The quantitative estimate of drug-likeness (QED) is 0.902. The molecule has 2 aromatic rings. The van der Waals surface area contributed by atoms with Gasteiger partial charge in [0.15, 0.2) is 0 Å². The van der Waals surface area contributed by atoms with Crippen molar-refractivity contribution in [1.82, 2.24) is 0 Å². The molecule has 0 bridgehead atoms. The van der Waals surface area contributed by atoms with Crippen molar-refractivity contribution >= 4 is 17.3 Å². The van der Waals surface area contributed by atoms with Gasteiger partial charge in [-0.05, 0) is 23.8 Å². The summed E-state index contributed by atoms with van der Waals surface area (Å²) in [4.78, 5) is 0. The molecule has 0 fully saturated rings. The van der Waals surface area contributed by atoms with Crippen LogP contribution in [0.1, 0.15) is 11.5 Å². The first-order chi connectivity index (χ1) is 8.84. The summed E-state index contributed by atoms with van der Waals surface area (Å²) in [7, 11) is 0. The van der Waals surface area contributed by atoms with Gasteiger partial charge in [0, 0.05) is 18.2 Å². The zero-order valence-electron chi connectivity index (χ0n) is 9.90. The fraction of sp³-hybridized carbons (Fsp3) is 0.200. The van der Waals surface area contributed by atoms with Gasteiger partial charge in [-0.15, -0.1) is 0 Å². The Kier molecular flexibility index (Phi) is 3.11. The van der Waals surface area contributed by atoms with Crippen LogP contribution < -0.4 is 10.1 Å². The first-order valence-corrected chi connectivity index (χ1v) is 6.42. The van der Waals surface area contributed by atoms with Crippen LogP contribution in [0.4, 0.5) is 5.69 Å². The molecule has 0 radical (unpaired) electrons. The smallest absolute Gasteiger partial charge is 0.137 e. The molecular weight excluding hydrogens is 246 g/mol. The minimum atomic E-state index is 0.387. The summed E-state index contributed by atoms with van der Waals surface area (Å²) in [6, 6.07) is 15.9. The van der Waals surface area contributed by atoms with Gasteiger partial charge in [-0.1, -0.05) is 41.9 Å². The van der Waals surface area contributed by atoms with Crippen molar-refractivity contribution in [3.8, 4) is 5.75 Å². The fourth-order valence-corrected chi connectivity index (χ4v) is 2.45. The highest BCUT2D eigenvalue weighted by molar-refractivity contribution is 6.32. The van der Waals surface area contributed by atoms with Crippen LogP contribution in [-0.4, -0.2) is 13.2 Å². The zero-order valence-corrected chi connectivity index (χ0v) is 10.7. The molecule has 0 spiro atoms. The number of anilines is 1. The van der Waals surface area contributed by atoms with Crippen molar-refractivity contribution in [1.29, 1.82) is 0 Å². The third-order valence-corrected chi connectivity index (χ3v) is 3.53. The van der Waals surface area contributed by atoms with Gasteiger partial charge in [-0.25, -0.2) is 0 Å². The molecule has 1 unspecified atom stereocenters. The molecule has 2 aromatic carbocycles. The molecule has 3 rings (SSSR count). The highest BCUT2D eigenvalue weighted by atomic mass is 35.5. The lowest BCUT2D eigenvalue weighted by molar-refractivity contribution is 0.296. The van der Waals surface area contributed by atoms with E-state index in [2.05, 4.69) is 23.5 Å². The molecule has 1 aliphatic rings. The van der Waals surface area contributed by atoms with Crippen LogP contribution in [0.25, 0.3) is 0 Å². The van der Waals surface area contributed by atoms with Crippen LogP contribution in [0.2, 0.25) is 5.02 Å². The van der Waals surface area contributed by atoms with E-state index in [1.54, 1.807) is 0 Å². The summed E-state index contributed by atoms with van der Waals surface area (Å²) < 4.78 is 5.81. The van der Waals surface area contributed by atoms with E-state index in [1.807, 2.05) is 30.3 Å². The second-order valence-electron chi connectivity index (χ2n) is 4.41. The number of hydrogen-bond donors (Lipinski definition) is 1. The number of para-hydroxylation sites is 2. The van der Waals surface area contributed by atoms with Crippen LogP contribution >= 0.6 is 11.6 Å². The minimum absolute atomic E-state index is 0.387. The SMILES string of the molecule is Clc1ccccc1OCC1CNc2ccccc21. The predicted molar refractivity (Wildman–Crippen MR) is 74.6 cm³/mol. The molecule has 18 heavy (non-hydrogen) atoms. The predicted octanol–water partition coefficient (Wildman–Crippen LogP) is 3.93. The molecule has 1 aliphatic heterocycles. The molecule has 1 heterocycles. The highest BCUT2D eigenvalue weighted by Crippen LogP contribution is 2.32. The Balaban J connectivity index is 1.71. The standard InChI is InChI=1S/C15H14ClNO/c16-13-6-2-4-8-15(13)18-10-11-9-17-14-7-3-1-5-12(11)14/h1-8,11,17H,9-10H2. The molecule has 2 nitrogen and oxygen atoms in total. The summed E-state index contributed by atoms with van der Waals surface area (Å²) in [5.41, 5.74) is 2.54. The number of benzene rings is 2. The van der Waals surface area contributed by atoms with E-state index in [-0.39, 0.29) is 0 Å². The summed E-state index contributed by atoms with van der Waals surface area (Å²) in [5, 5.41) is 4.05. The Labute approximate surface area is 112 Å². The van der Waals surface area contributed by atoms with Gasteiger partial charge >= 0.3 is 0 Å². The van der Waals surface area contributed by atoms with E-state index in [4.69, 9.17) is 16.3 Å². The number of nitrogens with one attached hydrogen (secondary N) is 1. The number of rotatable bonds is 3. The third kappa shape index (κ3) is 2.16. The van der Waals surface area contributed by atoms with Gasteiger partial charge in [0.05, 0.1) is 11.6 Å². The molecule has 1 atom stereocenters. The maximum Gasteiger partial charge on any atom is 0.137 e. The normalized spacial score (nSPS) is 17.1. The number of ether oxygens (including phenoxy) is 1. The molecule has 92 valence electrons. The lowest BCUT2D eigenvalue weighted by atomic mass is 10.0. The van der Waals surface area contributed by atoms with Crippen molar-refractivity contribution in [2.75, 3.05) is 18.5 Å². The van der Waals surface area contributed by atoms with Crippen LogP contribution in [0.3, 0.4) is 0 Å². The number of hydrogen-bond acceptors (Lipinski definition) is 2. The number of halogens is 1. The van der Waals surface area contributed by atoms with Gasteiger partial charge in [0.2, 0.25) is 0 Å². The molecular formula is C15H14ClNO. The Hall–Kier alpha value is -1.67. The van der Waals surface area contributed by atoms with Gasteiger partial charge in [0.1, 0.15) is 5.75 Å². The van der Waals surface area contributed by atoms with E-state index < -0.39 is 0 Å². The van der Waals surface area contributed by atoms with E-state index in [9.17, 15) is 0 Å². The van der Waals surface area contributed by atoms with Crippen LogP contribution in [0.15, 0.2) is 48.5 Å².